The van der Waals surface area contributed by atoms with Crippen LogP contribution in [0.1, 0.15) is 46.1 Å². The molecule has 3 aliphatic rings. The van der Waals surface area contributed by atoms with Gasteiger partial charge in [0.25, 0.3) is 0 Å². The van der Waals surface area contributed by atoms with E-state index in [-0.39, 0.29) is 6.04 Å². The summed E-state index contributed by atoms with van der Waals surface area (Å²) in [7, 11) is 4.01. The van der Waals surface area contributed by atoms with Crippen LogP contribution < -0.4 is 15.6 Å². The second-order valence-electron chi connectivity index (χ2n) is 11.6. The number of benzene rings is 2. The monoisotopic (exact) mass is 589 g/mol. The van der Waals surface area contributed by atoms with Crippen molar-refractivity contribution in [3.8, 4) is 0 Å². The molecule has 2 aromatic heterocycles. The molecular weight excluding hydrogens is 550 g/mol. The Bertz CT molecular complexity index is 1740. The van der Waals surface area contributed by atoms with Crippen molar-refractivity contribution in [2.75, 3.05) is 43.6 Å². The van der Waals surface area contributed by atoms with Crippen molar-refractivity contribution in [2.24, 2.45) is 5.73 Å². The number of aromatic nitrogens is 2. The molecule has 0 saturated carbocycles. The van der Waals surface area contributed by atoms with Crippen molar-refractivity contribution in [2.45, 2.75) is 32.2 Å². The zero-order valence-electron chi connectivity index (χ0n) is 25.5. The molecule has 226 valence electrons. The van der Waals surface area contributed by atoms with Crippen LogP contribution in [0.25, 0.3) is 10.9 Å². The van der Waals surface area contributed by atoms with Crippen LogP contribution in [0.5, 0.6) is 0 Å². The van der Waals surface area contributed by atoms with Crippen LogP contribution in [0.15, 0.2) is 96.6 Å². The molecule has 9 heteroatoms. The Balaban J connectivity index is 0.000000523. The second-order valence-corrected chi connectivity index (χ2v) is 11.6. The highest BCUT2D eigenvalue weighted by molar-refractivity contribution is 5.90. The van der Waals surface area contributed by atoms with Crippen molar-refractivity contribution in [3.05, 3.63) is 119 Å². The van der Waals surface area contributed by atoms with Gasteiger partial charge in [0, 0.05) is 48.8 Å². The zero-order valence-corrected chi connectivity index (χ0v) is 25.5. The molecule has 3 N–H and O–H groups in total. The number of hydrogen-bond donors (Lipinski definition) is 2. The number of carboxylic acids is 1. The number of para-hydroxylation sites is 1. The third-order valence-electron chi connectivity index (χ3n) is 8.26. The molecule has 0 radical (unpaired) electrons. The third kappa shape index (κ3) is 5.52. The maximum Gasteiger partial charge on any atom is 0.335 e. The summed E-state index contributed by atoms with van der Waals surface area (Å²) < 4.78 is 0. The van der Waals surface area contributed by atoms with Crippen molar-refractivity contribution in [1.29, 1.82) is 0 Å². The van der Waals surface area contributed by atoms with Gasteiger partial charge in [-0.1, -0.05) is 36.4 Å². The van der Waals surface area contributed by atoms with Gasteiger partial charge in [-0.25, -0.2) is 9.78 Å². The number of nitrogens with zero attached hydrogens (tertiary/aromatic N) is 6. The van der Waals surface area contributed by atoms with Crippen LogP contribution in [0, 0.1) is 6.92 Å². The fourth-order valence-corrected chi connectivity index (χ4v) is 6.32. The smallest absolute Gasteiger partial charge is 0.335 e. The van der Waals surface area contributed by atoms with Crippen molar-refractivity contribution in [1.82, 2.24) is 19.9 Å². The van der Waals surface area contributed by atoms with Gasteiger partial charge in [0.05, 0.1) is 22.5 Å². The number of likely N-dealkylation sites (N-methyl/N-ethyl adjacent to an activating group) is 1. The fraction of sp³-hybridized carbons (Fsp3) is 0.286. The van der Waals surface area contributed by atoms with Gasteiger partial charge in [-0.15, -0.1) is 0 Å². The summed E-state index contributed by atoms with van der Waals surface area (Å²) in [4.78, 5) is 25.8. The van der Waals surface area contributed by atoms with Crippen LogP contribution in [-0.4, -0.2) is 64.7 Å². The van der Waals surface area contributed by atoms with Gasteiger partial charge in [0.1, 0.15) is 11.9 Å². The highest BCUT2D eigenvalue weighted by atomic mass is 16.4. The van der Waals surface area contributed by atoms with Gasteiger partial charge in [-0.2, -0.15) is 0 Å². The van der Waals surface area contributed by atoms with E-state index < -0.39 is 5.97 Å². The first-order valence-corrected chi connectivity index (χ1v) is 15.1. The summed E-state index contributed by atoms with van der Waals surface area (Å²) in [6, 6.07) is 21.8. The van der Waals surface area contributed by atoms with Gasteiger partial charge in [0.2, 0.25) is 0 Å². The summed E-state index contributed by atoms with van der Waals surface area (Å²) in [5.74, 6) is -0.0260. The third-order valence-corrected chi connectivity index (χ3v) is 8.26. The Hall–Kier alpha value is -4.73. The first kappa shape index (κ1) is 29.3. The van der Waals surface area contributed by atoms with E-state index in [9.17, 15) is 9.90 Å². The number of aromatic carboxylic acids is 1. The van der Waals surface area contributed by atoms with Gasteiger partial charge in [-0.05, 0) is 87.8 Å². The second kappa shape index (κ2) is 12.5. The lowest BCUT2D eigenvalue weighted by atomic mass is 9.95. The first-order valence-electron chi connectivity index (χ1n) is 15.1. The first-order chi connectivity index (χ1) is 21.4. The number of allylic oxidation sites excluding steroid dienone is 2. The highest BCUT2D eigenvalue weighted by Gasteiger charge is 2.46. The number of rotatable bonds is 6. The van der Waals surface area contributed by atoms with Gasteiger partial charge in [-0.3, -0.25) is 15.0 Å². The molecule has 0 spiro atoms. The molecule has 1 unspecified atom stereocenters. The summed E-state index contributed by atoms with van der Waals surface area (Å²) in [5, 5.41) is 15.6. The van der Waals surface area contributed by atoms with Gasteiger partial charge >= 0.3 is 5.97 Å². The number of carbonyl (C=O) groups is 1. The average molecular weight is 590 g/mol. The maximum absolute atomic E-state index is 11.9. The number of aryl methyl sites for hydroxylation is 1. The molecule has 3 aliphatic heterocycles. The molecule has 1 saturated heterocycles. The van der Waals surface area contributed by atoms with Gasteiger partial charge in [0.15, 0.2) is 0 Å². The number of anilines is 2. The largest absolute Gasteiger partial charge is 0.478 e. The van der Waals surface area contributed by atoms with Crippen LogP contribution >= 0.6 is 0 Å². The summed E-state index contributed by atoms with van der Waals surface area (Å²) >= 11 is 0. The molecule has 1 fully saturated rings. The number of pyridine rings is 2. The molecular formula is C35H39N7O2. The predicted octanol–water partition coefficient (Wildman–Crippen LogP) is 5.50. The van der Waals surface area contributed by atoms with Crippen molar-refractivity contribution in [3.63, 3.8) is 0 Å². The fourth-order valence-electron chi connectivity index (χ4n) is 6.32. The Labute approximate surface area is 258 Å². The molecule has 0 aliphatic carbocycles. The molecule has 4 aromatic rings. The lowest BCUT2D eigenvalue weighted by Gasteiger charge is -2.37. The molecule has 0 amide bonds. The number of hydrazine groups is 1. The maximum atomic E-state index is 11.9. The Morgan fingerprint density at radius 3 is 2.68 bits per heavy atom. The highest BCUT2D eigenvalue weighted by Crippen LogP contribution is 2.50. The molecule has 44 heavy (non-hydrogen) atoms. The quantitative estimate of drug-likeness (QED) is 0.302. The van der Waals surface area contributed by atoms with Crippen LogP contribution in [0.4, 0.5) is 11.5 Å². The Kier molecular flexibility index (Phi) is 8.32. The van der Waals surface area contributed by atoms with E-state index in [0.29, 0.717) is 5.56 Å². The average Bonchev–Trinajstić information content (AvgIpc) is 3.61. The molecule has 9 nitrogen and oxygen atoms in total. The van der Waals surface area contributed by atoms with E-state index in [1.165, 1.54) is 5.70 Å². The molecule has 5 heterocycles. The van der Waals surface area contributed by atoms with Crippen LogP contribution in [-0.2, 0) is 6.42 Å². The standard InChI is InChI=1S/C31H27N5O2.C4H12N2/c1-20-7-4-12-28(33-20)36-29(24-15-16-32-25-10-3-2-9-23(24)25)30(26-11-6-18-35(26)36)34-17-5-8-21-13-14-22(31(37)38)19-27(21)34;1-6(2)4-3-5/h2-5,7,9-10,12-17,19,29H,6,8,11,18H2,1H3,(H,37,38);3-5H2,1-2H3. The molecule has 7 rings (SSSR count). The summed E-state index contributed by atoms with van der Waals surface area (Å²) in [6.07, 6.45) is 8.90. The number of hydrogen-bond acceptors (Lipinski definition) is 8. The number of fused-ring (bicyclic) bond motifs is 3. The molecule has 2 aromatic carbocycles. The lowest BCUT2D eigenvalue weighted by molar-refractivity contribution is 0.0697. The van der Waals surface area contributed by atoms with E-state index in [1.54, 1.807) is 6.07 Å². The normalized spacial score (nSPS) is 17.2. The van der Waals surface area contributed by atoms with E-state index in [0.717, 1.165) is 83.8 Å². The van der Waals surface area contributed by atoms with E-state index in [2.05, 4.69) is 67.4 Å². The lowest BCUT2D eigenvalue weighted by Crippen LogP contribution is -2.39. The van der Waals surface area contributed by atoms with E-state index in [4.69, 9.17) is 10.7 Å². The topological polar surface area (TPSA) is 102 Å². The van der Waals surface area contributed by atoms with Crippen molar-refractivity contribution >= 4 is 28.4 Å². The van der Waals surface area contributed by atoms with Crippen LogP contribution in [0.2, 0.25) is 0 Å². The molecule has 1 atom stereocenters. The SMILES string of the molecule is CN(C)CCN.Cc1cccc(N2C(c3ccnc4ccccc34)C(N3C=CCc4ccc(C(=O)O)cc43)=C3CCCN32)n1. The van der Waals surface area contributed by atoms with Crippen molar-refractivity contribution < 1.29 is 9.90 Å². The van der Waals surface area contributed by atoms with E-state index in [1.807, 2.05) is 57.5 Å². The minimum absolute atomic E-state index is 0.170. The van der Waals surface area contributed by atoms with E-state index >= 15 is 0 Å². The number of nitrogens with two attached hydrogens (primary N) is 1. The van der Waals surface area contributed by atoms with Crippen LogP contribution in [0.3, 0.4) is 0 Å². The summed E-state index contributed by atoms with van der Waals surface area (Å²) in [5.41, 5.74) is 13.0. The minimum atomic E-state index is -0.920. The van der Waals surface area contributed by atoms with Gasteiger partial charge < -0.3 is 20.6 Å². The number of carboxylic acid groups (broad SMARTS) is 1. The Morgan fingerprint density at radius 2 is 1.93 bits per heavy atom. The zero-order chi connectivity index (χ0) is 30.8. The summed E-state index contributed by atoms with van der Waals surface area (Å²) in [6.45, 7) is 4.66. The molecule has 0 bridgehead atoms. The Morgan fingerprint density at radius 1 is 1.09 bits per heavy atom. The minimum Gasteiger partial charge on any atom is -0.478 e. The predicted molar refractivity (Wildman–Crippen MR) is 175 cm³/mol.